The molecule has 1 aromatic carbocycles. The van der Waals surface area contributed by atoms with E-state index in [9.17, 15) is 4.79 Å². The normalized spacial score (nSPS) is 14.9. The van der Waals surface area contributed by atoms with Gasteiger partial charge in [0.15, 0.2) is 0 Å². The van der Waals surface area contributed by atoms with Gasteiger partial charge in [-0.25, -0.2) is 0 Å². The fourth-order valence-electron chi connectivity index (χ4n) is 3.84. The second-order valence-corrected chi connectivity index (χ2v) is 8.41. The molecule has 5 nitrogen and oxygen atoms in total. The van der Waals surface area contributed by atoms with Crippen LogP contribution in [0.5, 0.6) is 0 Å². The number of benzene rings is 1. The molecule has 1 saturated heterocycles. The van der Waals surface area contributed by atoms with Crippen LogP contribution in [0.15, 0.2) is 36.4 Å². The van der Waals surface area contributed by atoms with Gasteiger partial charge in [-0.1, -0.05) is 30.3 Å². The molecule has 0 spiro atoms. The number of carbonyl (C=O) groups excluding carboxylic acids is 1. The Labute approximate surface area is 164 Å². The number of likely N-dealkylation sites (tertiary alicyclic amines) is 1. The average Bonchev–Trinajstić information content (AvgIpc) is 3.39. The molecule has 3 aromatic rings. The molecule has 2 aromatic heterocycles. The first kappa shape index (κ1) is 18.2. The van der Waals surface area contributed by atoms with E-state index in [1.165, 1.54) is 42.8 Å². The summed E-state index contributed by atoms with van der Waals surface area (Å²) in [6, 6.07) is 12.3. The van der Waals surface area contributed by atoms with Gasteiger partial charge in [-0.05, 0) is 18.6 Å². The predicted molar refractivity (Wildman–Crippen MR) is 110 cm³/mol. The maximum absolute atomic E-state index is 12.6. The molecule has 1 fully saturated rings. The third-order valence-corrected chi connectivity index (χ3v) is 6.46. The second kappa shape index (κ2) is 8.23. The summed E-state index contributed by atoms with van der Waals surface area (Å²) in [4.78, 5) is 16.1. The Morgan fingerprint density at radius 3 is 2.81 bits per heavy atom. The average molecular weight is 384 g/mol. The van der Waals surface area contributed by atoms with E-state index in [1.807, 2.05) is 35.9 Å². The van der Waals surface area contributed by atoms with Gasteiger partial charge in [0.05, 0.1) is 36.8 Å². The SMILES string of the molecule is Cc1nn(Cc2ccccc2)c2sc(C(=O)NCCC[NH+]3CCCC3)cc12. The molecular formula is C21H27N4OS+. The van der Waals surface area contributed by atoms with Crippen molar-refractivity contribution in [1.82, 2.24) is 15.1 Å². The summed E-state index contributed by atoms with van der Waals surface area (Å²) in [5.74, 6) is 0.0401. The van der Waals surface area contributed by atoms with Gasteiger partial charge in [0.2, 0.25) is 0 Å². The zero-order chi connectivity index (χ0) is 18.6. The van der Waals surface area contributed by atoms with Crippen LogP contribution in [0.2, 0.25) is 0 Å². The molecule has 4 rings (SSSR count). The highest BCUT2D eigenvalue weighted by molar-refractivity contribution is 7.20. The van der Waals surface area contributed by atoms with E-state index in [2.05, 4.69) is 22.5 Å². The third kappa shape index (κ3) is 4.22. The van der Waals surface area contributed by atoms with Crippen LogP contribution < -0.4 is 10.2 Å². The maximum atomic E-state index is 12.6. The van der Waals surface area contributed by atoms with E-state index in [0.29, 0.717) is 0 Å². The third-order valence-electron chi connectivity index (χ3n) is 5.31. The highest BCUT2D eigenvalue weighted by atomic mass is 32.1. The topological polar surface area (TPSA) is 51.4 Å². The number of amides is 1. The molecule has 0 bridgehead atoms. The Balaban J connectivity index is 1.40. The van der Waals surface area contributed by atoms with Gasteiger partial charge >= 0.3 is 0 Å². The molecular weight excluding hydrogens is 356 g/mol. The van der Waals surface area contributed by atoms with Gasteiger partial charge in [0.1, 0.15) is 4.83 Å². The summed E-state index contributed by atoms with van der Waals surface area (Å²) in [7, 11) is 0. The molecule has 6 heteroatoms. The van der Waals surface area contributed by atoms with Crippen LogP contribution in [0.1, 0.15) is 40.2 Å². The number of fused-ring (bicyclic) bond motifs is 1. The van der Waals surface area contributed by atoms with Crippen LogP contribution in [0.3, 0.4) is 0 Å². The van der Waals surface area contributed by atoms with E-state index < -0.39 is 0 Å². The van der Waals surface area contributed by atoms with Gasteiger partial charge in [-0.15, -0.1) is 11.3 Å². The highest BCUT2D eigenvalue weighted by Gasteiger charge is 2.17. The van der Waals surface area contributed by atoms with Crippen molar-refractivity contribution >= 4 is 27.5 Å². The molecule has 2 N–H and O–H groups in total. The van der Waals surface area contributed by atoms with Crippen molar-refractivity contribution in [3.05, 3.63) is 52.5 Å². The number of hydrogen-bond acceptors (Lipinski definition) is 3. The van der Waals surface area contributed by atoms with Crippen molar-refractivity contribution in [1.29, 1.82) is 0 Å². The van der Waals surface area contributed by atoms with Crippen molar-refractivity contribution in [2.24, 2.45) is 0 Å². The minimum Gasteiger partial charge on any atom is -0.351 e. The molecule has 0 radical (unpaired) electrons. The molecule has 3 heterocycles. The van der Waals surface area contributed by atoms with Crippen molar-refractivity contribution in [3.63, 3.8) is 0 Å². The lowest BCUT2D eigenvalue weighted by Gasteiger charge is -2.11. The fourth-order valence-corrected chi connectivity index (χ4v) is 4.92. The minimum absolute atomic E-state index is 0.0401. The van der Waals surface area contributed by atoms with E-state index in [1.54, 1.807) is 4.90 Å². The number of hydrogen-bond donors (Lipinski definition) is 2. The van der Waals surface area contributed by atoms with Crippen LogP contribution in [-0.2, 0) is 6.54 Å². The Bertz CT molecular complexity index is 909. The first-order valence-electron chi connectivity index (χ1n) is 9.83. The number of quaternary nitrogens is 1. The number of rotatable bonds is 7. The zero-order valence-electron chi connectivity index (χ0n) is 15.8. The molecule has 0 aliphatic carbocycles. The predicted octanol–water partition coefficient (Wildman–Crippen LogP) is 2.25. The van der Waals surface area contributed by atoms with Crippen molar-refractivity contribution < 1.29 is 9.69 Å². The summed E-state index contributed by atoms with van der Waals surface area (Å²) >= 11 is 1.54. The largest absolute Gasteiger partial charge is 0.351 e. The van der Waals surface area contributed by atoms with Gasteiger partial charge < -0.3 is 10.2 Å². The maximum Gasteiger partial charge on any atom is 0.261 e. The number of thiophene rings is 1. The van der Waals surface area contributed by atoms with E-state index >= 15 is 0 Å². The second-order valence-electron chi connectivity index (χ2n) is 7.37. The van der Waals surface area contributed by atoms with Crippen molar-refractivity contribution in [3.8, 4) is 0 Å². The monoisotopic (exact) mass is 383 g/mol. The van der Waals surface area contributed by atoms with Crippen molar-refractivity contribution in [2.45, 2.75) is 32.7 Å². The molecule has 0 unspecified atom stereocenters. The fraction of sp³-hybridized carbons (Fsp3) is 0.429. The van der Waals surface area contributed by atoms with Crippen LogP contribution >= 0.6 is 11.3 Å². The molecule has 0 saturated carbocycles. The Hall–Kier alpha value is -2.18. The summed E-state index contributed by atoms with van der Waals surface area (Å²) in [5, 5.41) is 8.83. The number of nitrogens with zero attached hydrogens (tertiary/aromatic N) is 2. The van der Waals surface area contributed by atoms with E-state index in [0.717, 1.165) is 46.8 Å². The molecule has 0 atom stereocenters. The van der Waals surface area contributed by atoms with Crippen LogP contribution in [0.25, 0.3) is 10.2 Å². The summed E-state index contributed by atoms with van der Waals surface area (Å²) in [6.45, 7) is 7.24. The lowest BCUT2D eigenvalue weighted by atomic mass is 10.2. The van der Waals surface area contributed by atoms with Gasteiger partial charge in [0, 0.05) is 31.2 Å². The summed E-state index contributed by atoms with van der Waals surface area (Å²) in [5.41, 5.74) is 2.19. The standard InChI is InChI=1S/C21H26N4OS/c1-16-18-14-19(20(26)22-10-7-13-24-11-5-6-12-24)27-21(18)25(23-16)15-17-8-3-2-4-9-17/h2-4,8-9,14H,5-7,10-13,15H2,1H3,(H,22,26)/p+1. The number of aromatic nitrogens is 2. The molecule has 1 aliphatic rings. The lowest BCUT2D eigenvalue weighted by molar-refractivity contribution is -0.887. The molecule has 1 aliphatic heterocycles. The van der Waals surface area contributed by atoms with E-state index in [-0.39, 0.29) is 5.91 Å². The van der Waals surface area contributed by atoms with Crippen molar-refractivity contribution in [2.75, 3.05) is 26.2 Å². The first-order chi connectivity index (χ1) is 13.2. The van der Waals surface area contributed by atoms with E-state index in [4.69, 9.17) is 0 Å². The number of nitrogens with one attached hydrogen (secondary N) is 2. The summed E-state index contributed by atoms with van der Waals surface area (Å²) < 4.78 is 2.01. The lowest BCUT2D eigenvalue weighted by Crippen LogP contribution is -3.10. The van der Waals surface area contributed by atoms with Gasteiger partial charge in [-0.3, -0.25) is 9.48 Å². The Morgan fingerprint density at radius 2 is 2.04 bits per heavy atom. The molecule has 142 valence electrons. The number of carbonyl (C=O) groups is 1. The number of aryl methyl sites for hydroxylation is 1. The minimum atomic E-state index is 0.0401. The molecule has 1 amide bonds. The zero-order valence-corrected chi connectivity index (χ0v) is 16.6. The summed E-state index contributed by atoms with van der Waals surface area (Å²) in [6.07, 6.45) is 3.75. The van der Waals surface area contributed by atoms with Gasteiger partial charge in [0.25, 0.3) is 5.91 Å². The molecule has 27 heavy (non-hydrogen) atoms. The quantitative estimate of drug-likeness (QED) is 0.615. The van der Waals surface area contributed by atoms with Crippen LogP contribution in [0.4, 0.5) is 0 Å². The first-order valence-corrected chi connectivity index (χ1v) is 10.6. The smallest absolute Gasteiger partial charge is 0.261 e. The highest BCUT2D eigenvalue weighted by Crippen LogP contribution is 2.28. The Kier molecular flexibility index (Phi) is 5.55. The van der Waals surface area contributed by atoms with Gasteiger partial charge in [-0.2, -0.15) is 5.10 Å². The van der Waals surface area contributed by atoms with Crippen LogP contribution in [-0.4, -0.2) is 41.9 Å². The van der Waals surface area contributed by atoms with Crippen LogP contribution in [0, 0.1) is 6.92 Å². The Morgan fingerprint density at radius 1 is 1.26 bits per heavy atom.